The summed E-state index contributed by atoms with van der Waals surface area (Å²) in [5, 5.41) is 10.5. The number of aromatic carboxylic acids is 1. The smallest absolute Gasteiger partial charge is 0.247 e. The summed E-state index contributed by atoms with van der Waals surface area (Å²) in [6, 6.07) is 13.3. The van der Waals surface area contributed by atoms with Crippen molar-refractivity contribution in [1.29, 1.82) is 0 Å². The Hall–Kier alpha value is -2.12. The quantitative estimate of drug-likeness (QED) is 0.730. The maximum atomic E-state index is 12.7. The Morgan fingerprint density at radius 2 is 1.79 bits per heavy atom. The Morgan fingerprint density at radius 3 is 2.50 bits per heavy atom. The van der Waals surface area contributed by atoms with Gasteiger partial charge in [-0.3, -0.25) is 9.59 Å². The van der Waals surface area contributed by atoms with Crippen molar-refractivity contribution in [3.05, 3.63) is 58.6 Å². The predicted octanol–water partition coefficient (Wildman–Crippen LogP) is 2.24. The van der Waals surface area contributed by atoms with Gasteiger partial charge in [0.05, 0.1) is 16.9 Å². The second-order valence-electron chi connectivity index (χ2n) is 5.11. The molecule has 2 aromatic rings. The summed E-state index contributed by atoms with van der Waals surface area (Å²) in [5.74, 6) is -1.97. The van der Waals surface area contributed by atoms with Gasteiger partial charge in [-0.25, -0.2) is 4.90 Å². The van der Waals surface area contributed by atoms with Crippen LogP contribution in [0.5, 0.6) is 0 Å². The molecule has 1 fully saturated rings. The van der Waals surface area contributed by atoms with Crippen LogP contribution in [0.4, 0.5) is 5.69 Å². The number of carbonyl (C=O) groups is 3. The van der Waals surface area contributed by atoms with Crippen molar-refractivity contribution in [2.45, 2.75) is 16.6 Å². The lowest BCUT2D eigenvalue weighted by molar-refractivity contribution is -0.255. The molecule has 2 aromatic carbocycles. The fourth-order valence-electron chi connectivity index (χ4n) is 2.47. The van der Waals surface area contributed by atoms with E-state index in [-0.39, 0.29) is 23.8 Å². The zero-order chi connectivity index (χ0) is 17.3. The largest absolute Gasteiger partial charge is 0.545 e. The standard InChI is InChI=1S/C17H12BrNO4S/c18-11-6-2-3-7-12(11)19-15(20)9-14(16(19)21)24-13-8-4-1-5-10(13)17(22)23/h1-8,14H,9H2,(H,22,23)/p-1/t14-/m1/s1. The van der Waals surface area contributed by atoms with Gasteiger partial charge in [0.15, 0.2) is 0 Å². The molecule has 24 heavy (non-hydrogen) atoms. The highest BCUT2D eigenvalue weighted by Crippen LogP contribution is 2.37. The lowest BCUT2D eigenvalue weighted by atomic mass is 10.2. The van der Waals surface area contributed by atoms with Crippen LogP contribution in [0.3, 0.4) is 0 Å². The highest BCUT2D eigenvalue weighted by Gasteiger charge is 2.41. The van der Waals surface area contributed by atoms with Gasteiger partial charge in [-0.05, 0) is 34.1 Å². The van der Waals surface area contributed by atoms with Crippen LogP contribution < -0.4 is 10.0 Å². The number of thioether (sulfide) groups is 1. The van der Waals surface area contributed by atoms with Gasteiger partial charge in [-0.2, -0.15) is 0 Å². The number of carbonyl (C=O) groups excluding carboxylic acids is 3. The van der Waals surface area contributed by atoms with Crippen molar-refractivity contribution in [2.75, 3.05) is 4.90 Å². The molecule has 0 aliphatic carbocycles. The molecular weight excluding hydrogens is 394 g/mol. The first-order valence-electron chi connectivity index (χ1n) is 7.07. The summed E-state index contributed by atoms with van der Waals surface area (Å²) in [7, 11) is 0. The van der Waals surface area contributed by atoms with Crippen LogP contribution in [-0.2, 0) is 9.59 Å². The number of imide groups is 1. The van der Waals surface area contributed by atoms with Crippen LogP contribution in [0, 0.1) is 0 Å². The molecule has 0 radical (unpaired) electrons. The number of halogens is 1. The van der Waals surface area contributed by atoms with E-state index >= 15 is 0 Å². The molecular formula is C17H11BrNO4S-. The van der Waals surface area contributed by atoms with E-state index in [9.17, 15) is 19.5 Å². The number of rotatable bonds is 4. The third kappa shape index (κ3) is 3.09. The van der Waals surface area contributed by atoms with Crippen molar-refractivity contribution in [2.24, 2.45) is 0 Å². The molecule has 1 heterocycles. The zero-order valence-electron chi connectivity index (χ0n) is 12.3. The third-order valence-electron chi connectivity index (χ3n) is 3.57. The van der Waals surface area contributed by atoms with Crippen LogP contribution in [0.15, 0.2) is 57.9 Å². The van der Waals surface area contributed by atoms with Crippen LogP contribution in [-0.4, -0.2) is 23.0 Å². The SMILES string of the molecule is O=C([O-])c1ccccc1S[C@@H]1CC(=O)N(c2ccccc2Br)C1=O. The van der Waals surface area contributed by atoms with Crippen LogP contribution in [0.25, 0.3) is 0 Å². The van der Waals surface area contributed by atoms with Crippen molar-refractivity contribution >= 4 is 51.2 Å². The van der Waals surface area contributed by atoms with Gasteiger partial charge < -0.3 is 9.90 Å². The Balaban J connectivity index is 1.88. The van der Waals surface area contributed by atoms with Crippen molar-refractivity contribution in [3.8, 4) is 0 Å². The van der Waals surface area contributed by atoms with Gasteiger partial charge in [0, 0.05) is 21.4 Å². The summed E-state index contributed by atoms with van der Waals surface area (Å²) in [6.45, 7) is 0. The number of carboxylic acid groups (broad SMARTS) is 1. The molecule has 2 amide bonds. The lowest BCUT2D eigenvalue weighted by Crippen LogP contribution is -2.31. The highest BCUT2D eigenvalue weighted by molar-refractivity contribution is 9.10. The van der Waals surface area contributed by atoms with Gasteiger partial charge in [0.1, 0.15) is 0 Å². The average molecular weight is 405 g/mol. The van der Waals surface area contributed by atoms with Crippen molar-refractivity contribution in [3.63, 3.8) is 0 Å². The van der Waals surface area contributed by atoms with E-state index in [1.807, 2.05) is 0 Å². The van der Waals surface area contributed by atoms with E-state index in [2.05, 4.69) is 15.9 Å². The molecule has 7 heteroatoms. The predicted molar refractivity (Wildman–Crippen MR) is 91.7 cm³/mol. The van der Waals surface area contributed by atoms with Gasteiger partial charge in [-0.15, -0.1) is 11.8 Å². The Morgan fingerprint density at radius 1 is 1.12 bits per heavy atom. The molecule has 122 valence electrons. The molecule has 1 atom stereocenters. The molecule has 1 aliphatic rings. The van der Waals surface area contributed by atoms with Crippen LogP contribution >= 0.6 is 27.7 Å². The van der Waals surface area contributed by atoms with Crippen LogP contribution in [0.2, 0.25) is 0 Å². The molecule has 1 saturated heterocycles. The highest BCUT2D eigenvalue weighted by atomic mass is 79.9. The van der Waals surface area contributed by atoms with Crippen molar-refractivity contribution < 1.29 is 19.5 Å². The van der Waals surface area contributed by atoms with Crippen LogP contribution in [0.1, 0.15) is 16.8 Å². The summed E-state index contributed by atoms with van der Waals surface area (Å²) in [4.78, 5) is 37.7. The fraction of sp³-hybridized carbons (Fsp3) is 0.118. The van der Waals surface area contributed by atoms with Crippen molar-refractivity contribution in [1.82, 2.24) is 0 Å². The van der Waals surface area contributed by atoms with Gasteiger partial charge >= 0.3 is 0 Å². The number of benzene rings is 2. The minimum absolute atomic E-state index is 0.0158. The summed E-state index contributed by atoms with van der Waals surface area (Å²) >= 11 is 4.41. The molecule has 0 spiro atoms. The first-order valence-corrected chi connectivity index (χ1v) is 8.74. The third-order valence-corrected chi connectivity index (χ3v) is 5.51. The molecule has 5 nitrogen and oxygen atoms in total. The van der Waals surface area contributed by atoms with E-state index in [1.165, 1.54) is 6.07 Å². The maximum absolute atomic E-state index is 12.7. The number of carboxylic acids is 1. The summed E-state index contributed by atoms with van der Waals surface area (Å²) in [5.41, 5.74) is 0.505. The van der Waals surface area contributed by atoms with Gasteiger partial charge in [0.2, 0.25) is 11.8 Å². The minimum atomic E-state index is -1.31. The number of nitrogens with zero attached hydrogens (tertiary/aromatic N) is 1. The molecule has 0 aromatic heterocycles. The van der Waals surface area contributed by atoms with E-state index in [0.29, 0.717) is 15.1 Å². The number of anilines is 1. The number of amides is 2. The lowest BCUT2D eigenvalue weighted by Gasteiger charge is -2.17. The Bertz CT molecular complexity index is 839. The normalized spacial score (nSPS) is 17.4. The number of hydrogen-bond acceptors (Lipinski definition) is 5. The zero-order valence-corrected chi connectivity index (χ0v) is 14.7. The first-order chi connectivity index (χ1) is 11.5. The topological polar surface area (TPSA) is 77.5 Å². The number of para-hydroxylation sites is 1. The summed E-state index contributed by atoms with van der Waals surface area (Å²) in [6.07, 6.45) is 0.0201. The minimum Gasteiger partial charge on any atom is -0.545 e. The molecule has 0 N–H and O–H groups in total. The van der Waals surface area contributed by atoms with Gasteiger partial charge in [-0.1, -0.05) is 30.3 Å². The number of hydrogen-bond donors (Lipinski definition) is 0. The Kier molecular flexibility index (Phi) is 4.73. The molecule has 0 unspecified atom stereocenters. The molecule has 3 rings (SSSR count). The monoisotopic (exact) mass is 404 g/mol. The van der Waals surface area contributed by atoms with E-state index in [4.69, 9.17) is 0 Å². The second kappa shape index (κ2) is 6.78. The molecule has 0 bridgehead atoms. The molecule has 1 aliphatic heterocycles. The fourth-order valence-corrected chi connectivity index (χ4v) is 4.11. The first kappa shape index (κ1) is 16.7. The Labute approximate surface area is 150 Å². The van der Waals surface area contributed by atoms with E-state index in [1.54, 1.807) is 42.5 Å². The summed E-state index contributed by atoms with van der Waals surface area (Å²) < 4.78 is 0.646. The van der Waals surface area contributed by atoms with E-state index in [0.717, 1.165) is 16.7 Å². The van der Waals surface area contributed by atoms with E-state index < -0.39 is 11.2 Å². The van der Waals surface area contributed by atoms with Gasteiger partial charge in [0.25, 0.3) is 0 Å². The second-order valence-corrected chi connectivity index (χ2v) is 7.21. The maximum Gasteiger partial charge on any atom is 0.247 e. The average Bonchev–Trinajstić information content (AvgIpc) is 2.82. The molecule has 0 saturated carbocycles.